The van der Waals surface area contributed by atoms with Gasteiger partial charge in [0.2, 0.25) is 0 Å². The molecular weight excluding hydrogens is 254 g/mol. The fourth-order valence-electron chi connectivity index (χ4n) is 1.21. The molecule has 7 heteroatoms. The smallest absolute Gasteiger partial charge is 0.444 e. The molecule has 0 saturated carbocycles. The van der Waals surface area contributed by atoms with Gasteiger partial charge < -0.3 is 12.9 Å². The fourth-order valence-corrected chi connectivity index (χ4v) is 2.17. The minimum atomic E-state index is -5.02. The second kappa shape index (κ2) is 4.85. The molecule has 74 valence electrons. The van der Waals surface area contributed by atoms with Crippen LogP contribution in [0, 0.1) is 5.82 Å². The van der Waals surface area contributed by atoms with Crippen LogP contribution in [0.15, 0.2) is 24.3 Å². The summed E-state index contributed by atoms with van der Waals surface area (Å²) in [5, 5.41) is 0.309. The molecule has 0 spiro atoms. The number of rotatable bonds is 1. The first-order chi connectivity index (χ1) is 6.48. The number of benzene rings is 1. The number of hydrogen-bond donors (Lipinski definition) is 0. The Morgan fingerprint density at radius 3 is 2.33 bits per heavy atom. The van der Waals surface area contributed by atoms with E-state index >= 15 is 0 Å². The molecule has 0 unspecified atom stereocenters. The molecule has 1 heterocycles. The molecule has 0 amide bonds. The van der Waals surface area contributed by atoms with Crippen molar-refractivity contribution in [1.29, 1.82) is 0 Å². The Hall–Kier alpha value is 0.601. The van der Waals surface area contributed by atoms with Gasteiger partial charge in [-0.2, -0.15) is 11.3 Å². The number of halogens is 4. The maximum Gasteiger partial charge on any atom is 1.00 e. The minimum Gasteiger partial charge on any atom is -0.444 e. The molecule has 15 heavy (non-hydrogen) atoms. The molecular formula is C8H4BF4KS. The molecule has 0 aliphatic heterocycles. The van der Waals surface area contributed by atoms with Crippen LogP contribution in [0.1, 0.15) is 0 Å². The second-order valence-electron chi connectivity index (χ2n) is 2.88. The van der Waals surface area contributed by atoms with Crippen LogP contribution in [0.2, 0.25) is 0 Å². The van der Waals surface area contributed by atoms with Gasteiger partial charge in [0.25, 0.3) is 0 Å². The summed E-state index contributed by atoms with van der Waals surface area (Å²) in [5.41, 5.74) is 0. The van der Waals surface area contributed by atoms with E-state index in [4.69, 9.17) is 0 Å². The molecule has 0 aliphatic rings. The Kier molecular flexibility index (Phi) is 4.42. The zero-order chi connectivity index (χ0) is 10.3. The van der Waals surface area contributed by atoms with E-state index in [-0.39, 0.29) is 56.1 Å². The molecule has 0 aliphatic carbocycles. The predicted octanol–water partition coefficient (Wildman–Crippen LogP) is 0.0988. The Morgan fingerprint density at radius 1 is 1.13 bits per heavy atom. The molecule has 2 rings (SSSR count). The van der Waals surface area contributed by atoms with Crippen molar-refractivity contribution in [2.75, 3.05) is 0 Å². The number of thiophene rings is 1. The van der Waals surface area contributed by atoms with Gasteiger partial charge in [-0.15, -0.1) is 0 Å². The third-order valence-corrected chi connectivity index (χ3v) is 3.09. The molecule has 0 atom stereocenters. The van der Waals surface area contributed by atoms with E-state index in [0.29, 0.717) is 16.7 Å². The Labute approximate surface area is 130 Å². The summed E-state index contributed by atoms with van der Waals surface area (Å²) in [6, 6.07) is 5.02. The van der Waals surface area contributed by atoms with Crippen LogP contribution in [0.3, 0.4) is 0 Å². The van der Waals surface area contributed by atoms with Crippen molar-refractivity contribution in [3.8, 4) is 0 Å². The average Bonchev–Trinajstić information content (AvgIpc) is 2.48. The minimum absolute atomic E-state index is 0. The van der Waals surface area contributed by atoms with Crippen LogP contribution in [0.5, 0.6) is 0 Å². The van der Waals surface area contributed by atoms with E-state index < -0.39 is 17.6 Å². The van der Waals surface area contributed by atoms with Gasteiger partial charge in [0.15, 0.2) is 0 Å². The molecule has 0 radical (unpaired) electrons. The van der Waals surface area contributed by atoms with Crippen LogP contribution < -0.4 is 56.2 Å². The zero-order valence-corrected chi connectivity index (χ0v) is 11.7. The monoisotopic (exact) mass is 258 g/mol. The fraction of sp³-hybridized carbons (Fsp3) is 0. The van der Waals surface area contributed by atoms with E-state index in [0.717, 1.165) is 12.1 Å². The summed E-state index contributed by atoms with van der Waals surface area (Å²) < 4.78 is 49.3. The first kappa shape index (κ1) is 13.7. The molecule has 1 aromatic carbocycles. The third-order valence-electron chi connectivity index (χ3n) is 1.84. The maximum absolute atomic E-state index is 13.0. The molecule has 0 nitrogen and oxygen atoms in total. The van der Waals surface area contributed by atoms with Crippen molar-refractivity contribution >= 4 is 33.2 Å². The van der Waals surface area contributed by atoms with Crippen LogP contribution in [0.25, 0.3) is 10.1 Å². The molecule has 0 N–H and O–H groups in total. The van der Waals surface area contributed by atoms with E-state index in [1.54, 1.807) is 0 Å². The average molecular weight is 258 g/mol. The van der Waals surface area contributed by atoms with Crippen LogP contribution in [-0.4, -0.2) is 6.98 Å². The van der Waals surface area contributed by atoms with Gasteiger partial charge in [-0.25, -0.2) is 4.39 Å². The van der Waals surface area contributed by atoms with E-state index in [2.05, 4.69) is 0 Å². The Balaban J connectivity index is 0.00000112. The van der Waals surface area contributed by atoms with Crippen molar-refractivity contribution in [1.82, 2.24) is 0 Å². The standard InChI is InChI=1S/C8H4BF4S.K/c10-6-3-1-2-5-4-7(9(11,12)13)14-8(5)6;/h1-4H;/q-1;+1. The Morgan fingerprint density at radius 2 is 1.80 bits per heavy atom. The molecule has 2 aromatic rings. The van der Waals surface area contributed by atoms with E-state index in [9.17, 15) is 17.3 Å². The summed E-state index contributed by atoms with van der Waals surface area (Å²) in [5.74, 6) is -0.598. The number of hydrogen-bond acceptors (Lipinski definition) is 1. The predicted molar refractivity (Wildman–Crippen MR) is 50.5 cm³/mol. The van der Waals surface area contributed by atoms with Crippen LogP contribution in [-0.2, 0) is 0 Å². The van der Waals surface area contributed by atoms with Gasteiger partial charge >= 0.3 is 58.4 Å². The molecule has 0 bridgehead atoms. The molecule has 1 aromatic heterocycles. The number of fused-ring (bicyclic) bond motifs is 1. The van der Waals surface area contributed by atoms with Crippen molar-refractivity contribution in [2.45, 2.75) is 0 Å². The molecule has 0 saturated heterocycles. The van der Waals surface area contributed by atoms with Crippen molar-refractivity contribution in [3.63, 3.8) is 0 Å². The first-order valence-corrected chi connectivity index (χ1v) is 4.68. The second-order valence-corrected chi connectivity index (χ2v) is 3.97. The summed E-state index contributed by atoms with van der Waals surface area (Å²) >= 11 is 0.459. The Bertz CT molecular complexity index is 479. The van der Waals surface area contributed by atoms with Gasteiger partial charge in [0.1, 0.15) is 5.82 Å². The first-order valence-electron chi connectivity index (χ1n) is 3.86. The van der Waals surface area contributed by atoms with E-state index in [1.165, 1.54) is 12.1 Å². The quantitative estimate of drug-likeness (QED) is 0.502. The summed E-state index contributed by atoms with van der Waals surface area (Å²) in [6.45, 7) is -5.02. The van der Waals surface area contributed by atoms with Gasteiger partial charge in [0, 0.05) is 0 Å². The van der Waals surface area contributed by atoms with Gasteiger partial charge in [-0.1, -0.05) is 23.0 Å². The van der Waals surface area contributed by atoms with Crippen LogP contribution >= 0.6 is 11.3 Å². The topological polar surface area (TPSA) is 0 Å². The van der Waals surface area contributed by atoms with Gasteiger partial charge in [-0.05, 0) is 11.5 Å². The van der Waals surface area contributed by atoms with E-state index in [1.807, 2.05) is 0 Å². The third kappa shape index (κ3) is 2.83. The van der Waals surface area contributed by atoms with Gasteiger partial charge in [-0.3, -0.25) is 0 Å². The summed E-state index contributed by atoms with van der Waals surface area (Å²) in [6.07, 6.45) is 0. The van der Waals surface area contributed by atoms with Crippen molar-refractivity contribution < 1.29 is 68.7 Å². The largest absolute Gasteiger partial charge is 1.00 e. The normalized spacial score (nSPS) is 11.5. The van der Waals surface area contributed by atoms with Crippen molar-refractivity contribution in [2.24, 2.45) is 0 Å². The summed E-state index contributed by atoms with van der Waals surface area (Å²) in [4.78, 5) is 0. The maximum atomic E-state index is 13.0. The van der Waals surface area contributed by atoms with Crippen LogP contribution in [0.4, 0.5) is 17.3 Å². The van der Waals surface area contributed by atoms with Crippen molar-refractivity contribution in [3.05, 3.63) is 30.1 Å². The summed E-state index contributed by atoms with van der Waals surface area (Å²) in [7, 11) is 0. The SMILES string of the molecule is Fc1cccc2cc([B-](F)(F)F)sc12.[K+]. The zero-order valence-electron chi connectivity index (χ0n) is 7.81. The molecule has 0 fully saturated rings. The van der Waals surface area contributed by atoms with Gasteiger partial charge in [0.05, 0.1) is 4.70 Å².